The van der Waals surface area contributed by atoms with Gasteiger partial charge < -0.3 is 5.11 Å². The number of hydrogen-bond acceptors (Lipinski definition) is 3. The normalized spacial score (nSPS) is 17.6. The molecule has 1 aliphatic carbocycles. The van der Waals surface area contributed by atoms with E-state index in [1.54, 1.807) is 29.2 Å². The molecule has 0 spiro atoms. The Balaban J connectivity index is 1.91. The molecule has 1 saturated carbocycles. The smallest absolute Gasteiger partial charge is 0.137 e. The fourth-order valence-electron chi connectivity index (χ4n) is 2.34. The minimum absolute atomic E-state index is 0.398. The zero-order valence-corrected chi connectivity index (χ0v) is 13.6. The van der Waals surface area contributed by atoms with Crippen molar-refractivity contribution in [3.05, 3.63) is 89.7 Å². The highest BCUT2D eigenvalue weighted by Crippen LogP contribution is 2.34. The van der Waals surface area contributed by atoms with Crippen LogP contribution in [-0.4, -0.2) is 19.9 Å². The van der Waals surface area contributed by atoms with E-state index < -0.39 is 6.10 Å². The van der Waals surface area contributed by atoms with Crippen LogP contribution in [0, 0.1) is 31.6 Å². The average Bonchev–Trinajstić information content (AvgIpc) is 3.22. The molecule has 117 valence electrons. The van der Waals surface area contributed by atoms with E-state index in [0.717, 1.165) is 11.5 Å². The van der Waals surface area contributed by atoms with Crippen molar-refractivity contribution in [2.75, 3.05) is 0 Å². The van der Waals surface area contributed by atoms with Gasteiger partial charge in [-0.2, -0.15) is 5.10 Å². The molecule has 0 bridgehead atoms. The molecule has 0 aliphatic heterocycles. The minimum Gasteiger partial charge on any atom is -0.384 e. The zero-order valence-electron chi connectivity index (χ0n) is 12.1. The summed E-state index contributed by atoms with van der Waals surface area (Å²) in [5.74, 6) is 0.998. The Hall–Kier alpha value is -1.36. The van der Waals surface area contributed by atoms with Gasteiger partial charge in [-0.25, -0.2) is 9.67 Å². The van der Waals surface area contributed by atoms with Crippen LogP contribution in [0.2, 0.25) is 10.0 Å². The van der Waals surface area contributed by atoms with Gasteiger partial charge in [0.15, 0.2) is 0 Å². The molecule has 2 aromatic rings. The Morgan fingerprint density at radius 2 is 2.04 bits per heavy atom. The molecule has 3 rings (SSSR count). The molecule has 1 unspecified atom stereocenters. The fraction of sp³-hybridized carbons (Fsp3) is 0.118. The lowest BCUT2D eigenvalue weighted by Gasteiger charge is -2.18. The van der Waals surface area contributed by atoms with Crippen molar-refractivity contribution in [2.24, 2.45) is 0 Å². The van der Waals surface area contributed by atoms with Gasteiger partial charge in [-0.1, -0.05) is 29.3 Å². The van der Waals surface area contributed by atoms with E-state index in [2.05, 4.69) is 10.1 Å². The summed E-state index contributed by atoms with van der Waals surface area (Å²) in [6.45, 7) is 0.398. The summed E-state index contributed by atoms with van der Waals surface area (Å²) in [7, 11) is 0. The van der Waals surface area contributed by atoms with E-state index in [4.69, 9.17) is 23.2 Å². The van der Waals surface area contributed by atoms with Crippen LogP contribution in [0.3, 0.4) is 0 Å². The maximum absolute atomic E-state index is 10.8. The van der Waals surface area contributed by atoms with E-state index in [9.17, 15) is 5.11 Å². The van der Waals surface area contributed by atoms with Crippen LogP contribution in [0.15, 0.2) is 42.5 Å². The molecule has 0 saturated heterocycles. The largest absolute Gasteiger partial charge is 0.384 e. The Morgan fingerprint density at radius 1 is 1.26 bits per heavy atom. The molecule has 1 atom stereocenters. The number of aromatic nitrogens is 3. The number of aliphatic hydroxyl groups excluding tert-OH is 1. The second-order valence-corrected chi connectivity index (χ2v) is 5.94. The van der Waals surface area contributed by atoms with Crippen LogP contribution in [0.1, 0.15) is 11.7 Å². The van der Waals surface area contributed by atoms with Crippen LogP contribution in [0.5, 0.6) is 0 Å². The van der Waals surface area contributed by atoms with Gasteiger partial charge in [-0.3, -0.25) is 0 Å². The Labute approximate surface area is 145 Å². The third-order valence-electron chi connectivity index (χ3n) is 3.46. The summed E-state index contributed by atoms with van der Waals surface area (Å²) in [4.78, 5) is 3.93. The molecule has 1 aliphatic rings. The van der Waals surface area contributed by atoms with E-state index in [0.29, 0.717) is 22.2 Å². The van der Waals surface area contributed by atoms with Crippen molar-refractivity contribution in [3.63, 3.8) is 0 Å². The molecule has 1 aromatic carbocycles. The van der Waals surface area contributed by atoms with E-state index in [-0.39, 0.29) is 0 Å². The minimum atomic E-state index is -0.889. The van der Waals surface area contributed by atoms with Crippen molar-refractivity contribution in [1.82, 2.24) is 14.8 Å². The highest BCUT2D eigenvalue weighted by atomic mass is 35.5. The van der Waals surface area contributed by atoms with Gasteiger partial charge in [-0.15, -0.1) is 0 Å². The monoisotopic (exact) mass is 346 g/mol. The molecule has 4 nitrogen and oxygen atoms in total. The first kappa shape index (κ1) is 16.5. The topological polar surface area (TPSA) is 50.9 Å². The SMILES string of the molecule is OC(/C(=C/[C]1[CH][CH][CH][CH]1)Cn1cncn1)c1cc(Cl)ccc1Cl. The second-order valence-electron chi connectivity index (χ2n) is 5.10. The highest BCUT2D eigenvalue weighted by Gasteiger charge is 2.22. The standard InChI is InChI=1S/C17H14Cl2N3O/c18-14-5-6-16(19)15(8-14)17(23)13(7-12-3-1-2-4-12)9-22-11-20-10-21-22/h1-8,10-11,17,23H,9H2/b13-7+. The summed E-state index contributed by atoms with van der Waals surface area (Å²) < 4.78 is 1.65. The quantitative estimate of drug-likeness (QED) is 0.898. The number of aliphatic hydroxyl groups is 1. The Kier molecular flexibility index (Phi) is 5.36. The van der Waals surface area contributed by atoms with Crippen molar-refractivity contribution >= 4 is 23.2 Å². The number of allylic oxidation sites excluding steroid dienone is 1. The number of nitrogens with zero attached hydrogens (tertiary/aromatic N) is 3. The summed E-state index contributed by atoms with van der Waals surface area (Å²) in [5, 5.41) is 15.9. The molecular formula is C17H14Cl2N3O. The maximum Gasteiger partial charge on any atom is 0.137 e. The van der Waals surface area contributed by atoms with Crippen LogP contribution >= 0.6 is 23.2 Å². The second kappa shape index (κ2) is 7.47. The first-order valence-electron chi connectivity index (χ1n) is 7.01. The third kappa shape index (κ3) is 4.14. The van der Waals surface area contributed by atoms with Crippen molar-refractivity contribution < 1.29 is 5.11 Å². The van der Waals surface area contributed by atoms with Gasteiger partial charge in [0.25, 0.3) is 0 Å². The lowest BCUT2D eigenvalue weighted by molar-refractivity contribution is 0.208. The molecule has 23 heavy (non-hydrogen) atoms. The van der Waals surface area contributed by atoms with Crippen molar-refractivity contribution in [1.29, 1.82) is 0 Å². The van der Waals surface area contributed by atoms with E-state index in [1.165, 1.54) is 6.33 Å². The average molecular weight is 347 g/mol. The lowest BCUT2D eigenvalue weighted by atomic mass is 9.96. The molecule has 1 heterocycles. The number of hydrogen-bond donors (Lipinski definition) is 1. The predicted molar refractivity (Wildman–Crippen MR) is 90.0 cm³/mol. The summed E-state index contributed by atoms with van der Waals surface area (Å²) in [6, 6.07) is 5.05. The molecule has 1 N–H and O–H groups in total. The predicted octanol–water partition coefficient (Wildman–Crippen LogP) is 3.65. The van der Waals surface area contributed by atoms with Gasteiger partial charge >= 0.3 is 0 Å². The van der Waals surface area contributed by atoms with Crippen LogP contribution < -0.4 is 0 Å². The van der Waals surface area contributed by atoms with E-state index >= 15 is 0 Å². The van der Waals surface area contributed by atoms with Gasteiger partial charge in [0, 0.05) is 21.5 Å². The Morgan fingerprint density at radius 3 is 2.74 bits per heavy atom. The van der Waals surface area contributed by atoms with Gasteiger partial charge in [0.1, 0.15) is 18.8 Å². The molecule has 6 heteroatoms. The first-order valence-corrected chi connectivity index (χ1v) is 7.76. The van der Waals surface area contributed by atoms with Gasteiger partial charge in [0.05, 0.1) is 6.54 Å². The number of benzene rings is 1. The highest BCUT2D eigenvalue weighted by molar-refractivity contribution is 6.33. The zero-order chi connectivity index (χ0) is 16.2. The van der Waals surface area contributed by atoms with Crippen molar-refractivity contribution in [3.8, 4) is 0 Å². The van der Waals surface area contributed by atoms with Gasteiger partial charge in [0.2, 0.25) is 0 Å². The number of halogens is 2. The maximum atomic E-state index is 10.8. The van der Waals surface area contributed by atoms with Crippen LogP contribution in [-0.2, 0) is 6.54 Å². The molecule has 0 amide bonds. The molecule has 1 fully saturated rings. The number of rotatable bonds is 5. The fourth-order valence-corrected chi connectivity index (χ4v) is 2.74. The van der Waals surface area contributed by atoms with E-state index in [1.807, 2.05) is 31.8 Å². The molecule has 1 aromatic heterocycles. The molecular weight excluding hydrogens is 333 g/mol. The summed E-state index contributed by atoms with van der Waals surface area (Å²) in [5.41, 5.74) is 1.31. The Bertz CT molecular complexity index is 679. The molecule has 5 radical (unpaired) electrons. The van der Waals surface area contributed by atoms with Crippen molar-refractivity contribution in [2.45, 2.75) is 12.6 Å². The van der Waals surface area contributed by atoms with Gasteiger partial charge in [-0.05, 0) is 49.5 Å². The third-order valence-corrected chi connectivity index (χ3v) is 4.03. The van der Waals surface area contributed by atoms with Crippen LogP contribution in [0.25, 0.3) is 0 Å². The summed E-state index contributed by atoms with van der Waals surface area (Å²) >= 11 is 12.3. The van der Waals surface area contributed by atoms with Crippen LogP contribution in [0.4, 0.5) is 0 Å². The first-order chi connectivity index (χ1) is 11.1. The lowest BCUT2D eigenvalue weighted by Crippen LogP contribution is -2.11. The summed E-state index contributed by atoms with van der Waals surface area (Å²) in [6.07, 6.45) is 11.9.